The van der Waals surface area contributed by atoms with E-state index in [0.29, 0.717) is 23.7 Å². The van der Waals surface area contributed by atoms with Gasteiger partial charge in [-0.25, -0.2) is 9.18 Å². The number of benzene rings is 1. The number of carboxylic acids is 1. The predicted molar refractivity (Wildman–Crippen MR) is 72.4 cm³/mol. The summed E-state index contributed by atoms with van der Waals surface area (Å²) in [5, 5.41) is 12.7. The second-order valence-electron chi connectivity index (χ2n) is 4.08. The number of hydrogen-bond acceptors (Lipinski definition) is 4. The Morgan fingerprint density at radius 2 is 2.11 bits per heavy atom. The van der Waals surface area contributed by atoms with E-state index < -0.39 is 5.97 Å². The van der Waals surface area contributed by atoms with Crippen molar-refractivity contribution in [1.82, 2.24) is 4.37 Å². The number of anilines is 1. The zero-order chi connectivity index (χ0) is 13.8. The summed E-state index contributed by atoms with van der Waals surface area (Å²) < 4.78 is 16.8. The molecule has 0 spiro atoms. The summed E-state index contributed by atoms with van der Waals surface area (Å²) in [5.41, 5.74) is 1.73. The number of hydrogen-bond donors (Lipinski definition) is 2. The van der Waals surface area contributed by atoms with Crippen LogP contribution in [-0.4, -0.2) is 22.0 Å². The molecule has 2 N–H and O–H groups in total. The van der Waals surface area contributed by atoms with Crippen LogP contribution in [0.25, 0.3) is 0 Å². The summed E-state index contributed by atoms with van der Waals surface area (Å²) in [6.45, 7) is 2.25. The Morgan fingerprint density at radius 3 is 2.74 bits per heavy atom. The Bertz CT molecular complexity index is 581. The number of halogens is 1. The van der Waals surface area contributed by atoms with E-state index in [-0.39, 0.29) is 11.4 Å². The third kappa shape index (κ3) is 3.29. The van der Waals surface area contributed by atoms with E-state index in [4.69, 9.17) is 5.11 Å². The van der Waals surface area contributed by atoms with Crippen molar-refractivity contribution in [3.05, 3.63) is 46.9 Å². The molecule has 0 amide bonds. The van der Waals surface area contributed by atoms with Crippen LogP contribution in [0.15, 0.2) is 24.3 Å². The molecule has 1 aromatic carbocycles. The van der Waals surface area contributed by atoms with Crippen molar-refractivity contribution in [3.63, 3.8) is 0 Å². The van der Waals surface area contributed by atoms with Crippen LogP contribution in [0.2, 0.25) is 0 Å². The van der Waals surface area contributed by atoms with E-state index in [2.05, 4.69) is 9.69 Å². The van der Waals surface area contributed by atoms with Gasteiger partial charge in [0.2, 0.25) is 0 Å². The molecule has 0 saturated heterocycles. The normalized spacial score (nSPS) is 10.4. The fourth-order valence-electron chi connectivity index (χ4n) is 1.71. The van der Waals surface area contributed by atoms with Crippen molar-refractivity contribution in [2.24, 2.45) is 0 Å². The fraction of sp³-hybridized carbons (Fsp3) is 0.231. The first-order valence-electron chi connectivity index (χ1n) is 5.76. The maximum Gasteiger partial charge on any atom is 0.340 e. The summed E-state index contributed by atoms with van der Waals surface area (Å²) in [4.78, 5) is 11.1. The van der Waals surface area contributed by atoms with Gasteiger partial charge in [-0.05, 0) is 42.6 Å². The van der Waals surface area contributed by atoms with Gasteiger partial charge in [-0.15, -0.1) is 0 Å². The third-order valence-corrected chi connectivity index (χ3v) is 3.59. The van der Waals surface area contributed by atoms with Gasteiger partial charge >= 0.3 is 5.97 Å². The first-order valence-corrected chi connectivity index (χ1v) is 6.53. The van der Waals surface area contributed by atoms with Crippen molar-refractivity contribution in [2.45, 2.75) is 13.3 Å². The maximum atomic E-state index is 12.7. The number of nitrogens with zero attached hydrogens (tertiary/aromatic N) is 1. The largest absolute Gasteiger partial charge is 0.478 e. The molecule has 4 nitrogen and oxygen atoms in total. The third-order valence-electron chi connectivity index (χ3n) is 2.69. The summed E-state index contributed by atoms with van der Waals surface area (Å²) in [7, 11) is 0. The Kier molecular flexibility index (Phi) is 4.11. The summed E-state index contributed by atoms with van der Waals surface area (Å²) >= 11 is 1.14. The fourth-order valence-corrected chi connectivity index (χ4v) is 2.53. The van der Waals surface area contributed by atoms with Gasteiger partial charge in [0.1, 0.15) is 16.4 Å². The molecule has 0 radical (unpaired) electrons. The molecule has 0 unspecified atom stereocenters. The van der Waals surface area contributed by atoms with Crippen LogP contribution in [0.4, 0.5) is 9.39 Å². The topological polar surface area (TPSA) is 62.2 Å². The van der Waals surface area contributed by atoms with Gasteiger partial charge in [-0.2, -0.15) is 4.37 Å². The Morgan fingerprint density at radius 1 is 1.42 bits per heavy atom. The smallest absolute Gasteiger partial charge is 0.340 e. The average molecular weight is 280 g/mol. The summed E-state index contributed by atoms with van der Waals surface area (Å²) in [6, 6.07) is 6.25. The molecule has 1 heterocycles. The molecule has 0 aliphatic carbocycles. The highest BCUT2D eigenvalue weighted by atomic mass is 32.1. The summed E-state index contributed by atoms with van der Waals surface area (Å²) in [5.74, 6) is -1.24. The first kappa shape index (κ1) is 13.5. The van der Waals surface area contributed by atoms with E-state index in [1.54, 1.807) is 19.1 Å². The van der Waals surface area contributed by atoms with Crippen LogP contribution in [-0.2, 0) is 6.42 Å². The Labute approximate surface area is 114 Å². The minimum Gasteiger partial charge on any atom is -0.478 e. The molecular weight excluding hydrogens is 267 g/mol. The number of aromatic carboxylic acids is 1. The lowest BCUT2D eigenvalue weighted by molar-refractivity contribution is 0.0697. The second kappa shape index (κ2) is 5.79. The molecule has 0 bridgehead atoms. The van der Waals surface area contributed by atoms with Gasteiger partial charge in [0.05, 0.1) is 5.69 Å². The average Bonchev–Trinajstić information content (AvgIpc) is 2.73. The van der Waals surface area contributed by atoms with Crippen molar-refractivity contribution >= 4 is 22.5 Å². The maximum absolute atomic E-state index is 12.7. The van der Waals surface area contributed by atoms with Crippen molar-refractivity contribution in [1.29, 1.82) is 0 Å². The minimum absolute atomic E-state index is 0.226. The molecule has 0 aliphatic heterocycles. The van der Waals surface area contributed by atoms with E-state index >= 15 is 0 Å². The van der Waals surface area contributed by atoms with Crippen molar-refractivity contribution < 1.29 is 14.3 Å². The molecule has 100 valence electrons. The molecule has 2 aromatic rings. The Hall–Kier alpha value is -1.95. The number of carbonyl (C=O) groups is 1. The van der Waals surface area contributed by atoms with Gasteiger partial charge in [-0.1, -0.05) is 12.1 Å². The number of rotatable bonds is 5. The standard InChI is InChI=1S/C13H13FN2O2S/c1-8-11(13(17)18)12(19-16-8)15-7-6-9-2-4-10(14)5-3-9/h2-5,15H,6-7H2,1H3,(H,17,18). The van der Waals surface area contributed by atoms with Crippen LogP contribution in [0.3, 0.4) is 0 Å². The molecule has 1 aromatic heterocycles. The molecule has 19 heavy (non-hydrogen) atoms. The highest BCUT2D eigenvalue weighted by molar-refractivity contribution is 7.10. The van der Waals surface area contributed by atoms with Crippen LogP contribution >= 0.6 is 11.5 Å². The lowest BCUT2D eigenvalue weighted by atomic mass is 10.1. The summed E-state index contributed by atoms with van der Waals surface area (Å²) in [6.07, 6.45) is 0.691. The van der Waals surface area contributed by atoms with E-state index in [9.17, 15) is 9.18 Å². The van der Waals surface area contributed by atoms with Gasteiger partial charge < -0.3 is 10.4 Å². The number of carboxylic acid groups (broad SMARTS) is 1. The number of nitrogens with one attached hydrogen (secondary N) is 1. The van der Waals surface area contributed by atoms with E-state index in [1.165, 1.54) is 12.1 Å². The van der Waals surface area contributed by atoms with Gasteiger partial charge in [0.25, 0.3) is 0 Å². The lowest BCUT2D eigenvalue weighted by Crippen LogP contribution is -2.08. The van der Waals surface area contributed by atoms with Crippen LogP contribution in [0.5, 0.6) is 0 Å². The zero-order valence-corrected chi connectivity index (χ0v) is 11.1. The second-order valence-corrected chi connectivity index (χ2v) is 4.85. The SMILES string of the molecule is Cc1nsc(NCCc2ccc(F)cc2)c1C(=O)O. The molecule has 0 atom stereocenters. The molecule has 0 fully saturated rings. The lowest BCUT2D eigenvalue weighted by Gasteiger charge is -2.05. The minimum atomic E-state index is -0.976. The van der Waals surface area contributed by atoms with Crippen molar-refractivity contribution in [2.75, 3.05) is 11.9 Å². The van der Waals surface area contributed by atoms with Gasteiger partial charge in [-0.3, -0.25) is 0 Å². The van der Waals surface area contributed by atoms with Crippen LogP contribution in [0.1, 0.15) is 21.6 Å². The number of aryl methyl sites for hydroxylation is 1. The molecule has 0 saturated carbocycles. The molecule has 2 rings (SSSR count). The first-order chi connectivity index (χ1) is 9.08. The van der Waals surface area contributed by atoms with E-state index in [0.717, 1.165) is 17.1 Å². The van der Waals surface area contributed by atoms with Crippen molar-refractivity contribution in [3.8, 4) is 0 Å². The number of aromatic nitrogens is 1. The zero-order valence-electron chi connectivity index (χ0n) is 10.3. The van der Waals surface area contributed by atoms with Gasteiger partial charge in [0, 0.05) is 6.54 Å². The Balaban J connectivity index is 1.96. The quantitative estimate of drug-likeness (QED) is 0.884. The van der Waals surface area contributed by atoms with E-state index in [1.807, 2.05) is 0 Å². The van der Waals surface area contributed by atoms with Crippen LogP contribution in [0, 0.1) is 12.7 Å². The monoisotopic (exact) mass is 280 g/mol. The molecular formula is C13H13FN2O2S. The predicted octanol–water partition coefficient (Wildman–Crippen LogP) is 2.94. The van der Waals surface area contributed by atoms with Crippen LogP contribution < -0.4 is 5.32 Å². The van der Waals surface area contributed by atoms with Gasteiger partial charge in [0.15, 0.2) is 0 Å². The molecule has 0 aliphatic rings. The highest BCUT2D eigenvalue weighted by Crippen LogP contribution is 2.24. The highest BCUT2D eigenvalue weighted by Gasteiger charge is 2.16. The molecule has 6 heteroatoms.